The van der Waals surface area contributed by atoms with Crippen molar-refractivity contribution >= 4 is 18.0 Å². The van der Waals surface area contributed by atoms with Crippen LogP contribution in [-0.4, -0.2) is 50.6 Å². The Morgan fingerprint density at radius 3 is 2.48 bits per heavy atom. The fourth-order valence-electron chi connectivity index (χ4n) is 1.14. The quantitative estimate of drug-likeness (QED) is 0.275. The monoisotopic (exact) mass is 302 g/mol. The molecule has 8 nitrogen and oxygen atoms in total. The molecule has 0 spiro atoms. The van der Waals surface area contributed by atoms with E-state index in [1.54, 1.807) is 13.8 Å². The largest absolute Gasteiger partial charge is 0.460 e. The van der Waals surface area contributed by atoms with Gasteiger partial charge in [0, 0.05) is 12.2 Å². The normalized spacial score (nSPS) is 11.2. The third kappa shape index (κ3) is 10.4. The fraction of sp³-hybridized carbons (Fsp3) is 0.615. The fourth-order valence-corrected chi connectivity index (χ4v) is 1.14. The van der Waals surface area contributed by atoms with E-state index < -0.39 is 24.3 Å². The van der Waals surface area contributed by atoms with Crippen molar-refractivity contribution in [3.8, 4) is 0 Å². The molecular weight excluding hydrogens is 280 g/mol. The van der Waals surface area contributed by atoms with E-state index in [2.05, 4.69) is 17.2 Å². The first kappa shape index (κ1) is 18.9. The Balaban J connectivity index is 3.69. The molecule has 0 bridgehead atoms. The van der Waals surface area contributed by atoms with Crippen LogP contribution in [0.3, 0.4) is 0 Å². The van der Waals surface area contributed by atoms with Gasteiger partial charge in [-0.05, 0) is 20.8 Å². The van der Waals surface area contributed by atoms with Gasteiger partial charge >= 0.3 is 18.0 Å². The number of urea groups is 1. The molecule has 8 heteroatoms. The van der Waals surface area contributed by atoms with Crippen molar-refractivity contribution in [1.29, 1.82) is 0 Å². The average Bonchev–Trinajstić information content (AvgIpc) is 2.41. The third-order valence-electron chi connectivity index (χ3n) is 2.06. The van der Waals surface area contributed by atoms with Crippen molar-refractivity contribution in [3.05, 3.63) is 12.2 Å². The highest BCUT2D eigenvalue weighted by Gasteiger charge is 2.10. The molecule has 0 fully saturated rings. The van der Waals surface area contributed by atoms with Gasteiger partial charge in [-0.2, -0.15) is 0 Å². The minimum Gasteiger partial charge on any atom is -0.460 e. The van der Waals surface area contributed by atoms with Crippen LogP contribution in [0.5, 0.6) is 0 Å². The van der Waals surface area contributed by atoms with E-state index >= 15 is 0 Å². The number of nitrogens with one attached hydrogen (secondary N) is 2. The lowest BCUT2D eigenvalue weighted by Gasteiger charge is -2.13. The molecule has 0 aromatic heterocycles. The summed E-state index contributed by atoms with van der Waals surface area (Å²) in [5.41, 5.74) is 0.283. The predicted molar refractivity (Wildman–Crippen MR) is 74.4 cm³/mol. The molecule has 0 saturated carbocycles. The second kappa shape index (κ2) is 10.7. The molecule has 1 unspecified atom stereocenters. The maximum absolute atomic E-state index is 11.3. The molecule has 0 radical (unpaired) electrons. The second-order valence-electron chi connectivity index (χ2n) is 4.04. The zero-order chi connectivity index (χ0) is 16.3. The summed E-state index contributed by atoms with van der Waals surface area (Å²) < 4.78 is 14.6. The molecule has 0 aromatic carbocycles. The average molecular weight is 302 g/mol. The van der Waals surface area contributed by atoms with Crippen LogP contribution in [0.2, 0.25) is 0 Å². The second-order valence-corrected chi connectivity index (χ2v) is 4.04. The van der Waals surface area contributed by atoms with Gasteiger partial charge in [0.2, 0.25) is 0 Å². The molecule has 0 aliphatic rings. The zero-order valence-corrected chi connectivity index (χ0v) is 12.6. The van der Waals surface area contributed by atoms with Crippen molar-refractivity contribution in [1.82, 2.24) is 10.6 Å². The van der Waals surface area contributed by atoms with E-state index in [1.807, 2.05) is 0 Å². The molecule has 0 aliphatic carbocycles. The third-order valence-corrected chi connectivity index (χ3v) is 2.06. The lowest BCUT2D eigenvalue weighted by Crippen LogP contribution is -2.41. The van der Waals surface area contributed by atoms with Gasteiger partial charge in [0.25, 0.3) is 0 Å². The van der Waals surface area contributed by atoms with E-state index in [0.717, 1.165) is 0 Å². The number of rotatable bonds is 9. The predicted octanol–water partition coefficient (Wildman–Crippen LogP) is 0.331. The summed E-state index contributed by atoms with van der Waals surface area (Å²) >= 11 is 0. The summed E-state index contributed by atoms with van der Waals surface area (Å²) in [6, 6.07) is -0.567. The number of hydrogen-bond acceptors (Lipinski definition) is 6. The molecule has 1 atom stereocenters. The smallest absolute Gasteiger partial charge is 0.333 e. The minimum absolute atomic E-state index is 0.0188. The van der Waals surface area contributed by atoms with E-state index in [-0.39, 0.29) is 25.3 Å². The van der Waals surface area contributed by atoms with Crippen molar-refractivity contribution in [2.24, 2.45) is 0 Å². The molecule has 21 heavy (non-hydrogen) atoms. The summed E-state index contributed by atoms with van der Waals surface area (Å²) in [6.45, 7) is 8.58. The Labute approximate surface area is 123 Å². The Morgan fingerprint density at radius 2 is 1.90 bits per heavy atom. The van der Waals surface area contributed by atoms with Crippen LogP contribution < -0.4 is 10.6 Å². The van der Waals surface area contributed by atoms with E-state index in [9.17, 15) is 14.4 Å². The maximum atomic E-state index is 11.3. The molecule has 2 N–H and O–H groups in total. The number of carbonyl (C=O) groups excluding carboxylic acids is 3. The Morgan fingerprint density at radius 1 is 1.24 bits per heavy atom. The first-order valence-corrected chi connectivity index (χ1v) is 6.52. The van der Waals surface area contributed by atoms with Crippen molar-refractivity contribution in [2.75, 3.05) is 26.3 Å². The van der Waals surface area contributed by atoms with Gasteiger partial charge in [0.05, 0.1) is 6.54 Å². The molecular formula is C13H22N2O6. The van der Waals surface area contributed by atoms with Gasteiger partial charge in [-0.3, -0.25) is 4.79 Å². The molecule has 2 amide bonds. The molecule has 0 rings (SSSR count). The highest BCUT2D eigenvalue weighted by molar-refractivity contribution is 5.87. The molecule has 0 aromatic rings. The van der Waals surface area contributed by atoms with Gasteiger partial charge in [-0.25, -0.2) is 9.59 Å². The molecule has 0 saturated heterocycles. The Kier molecular flexibility index (Phi) is 9.61. The van der Waals surface area contributed by atoms with Crippen molar-refractivity contribution in [3.63, 3.8) is 0 Å². The van der Waals surface area contributed by atoms with Crippen LogP contribution in [0.25, 0.3) is 0 Å². The first-order chi connectivity index (χ1) is 9.86. The topological polar surface area (TPSA) is 103 Å². The van der Waals surface area contributed by atoms with Gasteiger partial charge in [-0.15, -0.1) is 0 Å². The first-order valence-electron chi connectivity index (χ1n) is 6.52. The SMILES string of the molecule is C=C(C)C(=O)OCCNC(=O)NCC(=O)OC(C)OCC. The minimum atomic E-state index is -0.658. The number of carbonyl (C=O) groups is 3. The van der Waals surface area contributed by atoms with Crippen LogP contribution in [-0.2, 0) is 23.8 Å². The summed E-state index contributed by atoms with van der Waals surface area (Å²) in [4.78, 5) is 33.7. The van der Waals surface area contributed by atoms with Crippen LogP contribution in [0.4, 0.5) is 4.79 Å². The van der Waals surface area contributed by atoms with Crippen LogP contribution in [0, 0.1) is 0 Å². The van der Waals surface area contributed by atoms with Crippen molar-refractivity contribution in [2.45, 2.75) is 27.1 Å². The van der Waals surface area contributed by atoms with Crippen LogP contribution in [0.1, 0.15) is 20.8 Å². The molecule has 120 valence electrons. The molecule has 0 aliphatic heterocycles. The number of amides is 2. The highest BCUT2D eigenvalue weighted by Crippen LogP contribution is 1.93. The highest BCUT2D eigenvalue weighted by atomic mass is 16.7. The van der Waals surface area contributed by atoms with Crippen LogP contribution in [0.15, 0.2) is 12.2 Å². The summed E-state index contributed by atoms with van der Waals surface area (Å²) in [5.74, 6) is -1.13. The van der Waals surface area contributed by atoms with Gasteiger partial charge in [0.1, 0.15) is 13.2 Å². The standard InChI is InChI=1S/C13H22N2O6/c1-5-19-10(4)21-11(16)8-15-13(18)14-6-7-20-12(17)9(2)3/h10H,2,5-8H2,1,3-4H3,(H2,14,15,18). The maximum Gasteiger partial charge on any atom is 0.333 e. The van der Waals surface area contributed by atoms with E-state index in [1.165, 1.54) is 6.92 Å². The van der Waals surface area contributed by atoms with Gasteiger partial charge in [0.15, 0.2) is 6.29 Å². The van der Waals surface area contributed by atoms with Crippen LogP contribution >= 0.6 is 0 Å². The van der Waals surface area contributed by atoms with Crippen molar-refractivity contribution < 1.29 is 28.6 Å². The summed E-state index contributed by atoms with van der Waals surface area (Å²) in [7, 11) is 0. The van der Waals surface area contributed by atoms with Gasteiger partial charge < -0.3 is 24.8 Å². The number of hydrogen-bond donors (Lipinski definition) is 2. The van der Waals surface area contributed by atoms with E-state index in [0.29, 0.717) is 6.61 Å². The zero-order valence-electron chi connectivity index (χ0n) is 12.6. The lowest BCUT2D eigenvalue weighted by atomic mass is 10.4. The Bertz CT molecular complexity index is 383. The number of ether oxygens (including phenoxy) is 3. The molecule has 0 heterocycles. The summed E-state index contributed by atoms with van der Waals surface area (Å²) in [6.07, 6.45) is -0.658. The van der Waals surface area contributed by atoms with E-state index in [4.69, 9.17) is 14.2 Å². The lowest BCUT2D eigenvalue weighted by molar-refractivity contribution is -0.172. The number of esters is 2. The summed E-state index contributed by atoms with van der Waals surface area (Å²) in [5, 5.41) is 4.72. The Hall–Kier alpha value is -2.09. The van der Waals surface area contributed by atoms with Gasteiger partial charge in [-0.1, -0.05) is 6.58 Å².